The van der Waals surface area contributed by atoms with E-state index < -0.39 is 0 Å². The van der Waals surface area contributed by atoms with E-state index in [4.69, 9.17) is 0 Å². The molecule has 0 aliphatic carbocycles. The van der Waals surface area contributed by atoms with Gasteiger partial charge in [0.25, 0.3) is 0 Å². The quantitative estimate of drug-likeness (QED) is 0.800. The molecule has 0 radical (unpaired) electrons. The molecule has 0 aliphatic heterocycles. The lowest BCUT2D eigenvalue weighted by molar-refractivity contribution is -0.121. The first-order valence-corrected chi connectivity index (χ1v) is 8.42. The highest BCUT2D eigenvalue weighted by Crippen LogP contribution is 2.24. The molecule has 1 N–H and O–H groups in total. The fourth-order valence-electron chi connectivity index (χ4n) is 2.76. The van der Waals surface area contributed by atoms with Gasteiger partial charge in [-0.05, 0) is 39.3 Å². The van der Waals surface area contributed by atoms with E-state index >= 15 is 0 Å². The molecule has 1 atom stereocenters. The number of pyridine rings is 1. The van der Waals surface area contributed by atoms with Crippen LogP contribution in [0.3, 0.4) is 0 Å². The summed E-state index contributed by atoms with van der Waals surface area (Å²) in [7, 11) is 0. The number of fused-ring (bicyclic) bond motifs is 1. The zero-order valence-corrected chi connectivity index (χ0v) is 14.6. The molecule has 5 nitrogen and oxygen atoms in total. The van der Waals surface area contributed by atoms with Crippen molar-refractivity contribution in [1.82, 2.24) is 19.7 Å². The van der Waals surface area contributed by atoms with E-state index in [1.54, 1.807) is 11.3 Å². The summed E-state index contributed by atoms with van der Waals surface area (Å²) >= 11 is 1.63. The molecule has 1 amide bonds. The van der Waals surface area contributed by atoms with Gasteiger partial charge in [-0.15, -0.1) is 11.3 Å². The molecule has 23 heavy (non-hydrogen) atoms. The Hall–Kier alpha value is -2.21. The summed E-state index contributed by atoms with van der Waals surface area (Å²) in [6.07, 6.45) is 4.14. The van der Waals surface area contributed by atoms with Crippen LogP contribution in [-0.2, 0) is 11.2 Å². The highest BCUT2D eigenvalue weighted by atomic mass is 32.1. The molecule has 3 aromatic heterocycles. The molecular weight excluding hydrogens is 308 g/mol. The molecule has 0 aliphatic rings. The van der Waals surface area contributed by atoms with Crippen molar-refractivity contribution in [2.24, 2.45) is 0 Å². The van der Waals surface area contributed by atoms with Crippen LogP contribution in [-0.4, -0.2) is 20.3 Å². The van der Waals surface area contributed by atoms with E-state index in [2.05, 4.69) is 15.3 Å². The molecule has 0 fully saturated rings. The monoisotopic (exact) mass is 328 g/mol. The van der Waals surface area contributed by atoms with E-state index in [0.717, 1.165) is 32.5 Å². The first-order valence-electron chi connectivity index (χ1n) is 7.60. The lowest BCUT2D eigenvalue weighted by atomic mass is 10.2. The van der Waals surface area contributed by atoms with E-state index in [-0.39, 0.29) is 18.4 Å². The zero-order chi connectivity index (χ0) is 16.6. The molecule has 3 heterocycles. The van der Waals surface area contributed by atoms with Gasteiger partial charge < -0.3 is 9.72 Å². The van der Waals surface area contributed by atoms with Crippen molar-refractivity contribution in [1.29, 1.82) is 0 Å². The Kier molecular flexibility index (Phi) is 4.17. The van der Waals surface area contributed by atoms with Gasteiger partial charge in [0.1, 0.15) is 5.65 Å². The summed E-state index contributed by atoms with van der Waals surface area (Å²) in [6, 6.07) is 3.96. The Bertz CT molecular complexity index is 865. The smallest absolute Gasteiger partial charge is 0.226 e. The van der Waals surface area contributed by atoms with Crippen LogP contribution in [0.1, 0.15) is 39.8 Å². The van der Waals surface area contributed by atoms with Gasteiger partial charge in [0.15, 0.2) is 0 Å². The molecule has 0 saturated carbocycles. The van der Waals surface area contributed by atoms with Crippen LogP contribution in [0, 0.1) is 20.8 Å². The first kappa shape index (κ1) is 15.7. The normalized spacial score (nSPS) is 12.5. The van der Waals surface area contributed by atoms with Crippen molar-refractivity contribution >= 4 is 22.9 Å². The average molecular weight is 328 g/mol. The van der Waals surface area contributed by atoms with Crippen LogP contribution in [0.25, 0.3) is 5.65 Å². The third-order valence-corrected chi connectivity index (χ3v) is 5.04. The second-order valence-corrected chi connectivity index (χ2v) is 7.04. The Balaban J connectivity index is 1.71. The third-order valence-electron chi connectivity index (χ3n) is 3.78. The molecule has 6 heteroatoms. The van der Waals surface area contributed by atoms with Crippen LogP contribution >= 0.6 is 11.3 Å². The third kappa shape index (κ3) is 3.27. The van der Waals surface area contributed by atoms with Gasteiger partial charge in [0, 0.05) is 17.3 Å². The standard InChI is InChI=1S/C17H20N4OS/c1-10-6-5-7-21-9-14(20-17(10)21)8-15(22)19-12(3)16-11(2)18-13(4)23-16/h5-7,9,12H,8H2,1-4H3,(H,19,22)/t12-/m0/s1. The molecular formula is C17H20N4OS. The first-order chi connectivity index (χ1) is 10.9. The van der Waals surface area contributed by atoms with Gasteiger partial charge in [-0.3, -0.25) is 4.79 Å². The van der Waals surface area contributed by atoms with E-state index in [1.807, 2.05) is 56.6 Å². The van der Waals surface area contributed by atoms with Crippen LogP contribution in [0.4, 0.5) is 0 Å². The number of rotatable bonds is 4. The van der Waals surface area contributed by atoms with Crippen molar-refractivity contribution in [3.63, 3.8) is 0 Å². The minimum Gasteiger partial charge on any atom is -0.348 e. The zero-order valence-electron chi connectivity index (χ0n) is 13.8. The summed E-state index contributed by atoms with van der Waals surface area (Å²) in [4.78, 5) is 22.4. The van der Waals surface area contributed by atoms with Crippen molar-refractivity contribution in [2.75, 3.05) is 0 Å². The molecule has 0 unspecified atom stereocenters. The van der Waals surface area contributed by atoms with Crippen molar-refractivity contribution in [3.05, 3.63) is 51.4 Å². The lowest BCUT2D eigenvalue weighted by Crippen LogP contribution is -2.28. The summed E-state index contributed by atoms with van der Waals surface area (Å²) in [5.41, 5.74) is 3.77. The Morgan fingerprint density at radius 3 is 2.78 bits per heavy atom. The summed E-state index contributed by atoms with van der Waals surface area (Å²) < 4.78 is 1.96. The summed E-state index contributed by atoms with van der Waals surface area (Å²) in [5, 5.41) is 4.06. The van der Waals surface area contributed by atoms with Crippen molar-refractivity contribution < 1.29 is 4.79 Å². The van der Waals surface area contributed by atoms with Gasteiger partial charge in [-0.25, -0.2) is 9.97 Å². The minimum absolute atomic E-state index is 0.0241. The number of amides is 1. The maximum absolute atomic E-state index is 12.3. The van der Waals surface area contributed by atoms with E-state index in [0.29, 0.717) is 0 Å². The molecule has 0 bridgehead atoms. The minimum atomic E-state index is -0.0348. The van der Waals surface area contributed by atoms with Gasteiger partial charge in [0.05, 0.1) is 28.9 Å². The Labute approximate surface area is 139 Å². The fourth-order valence-corrected chi connectivity index (χ4v) is 3.69. The molecule has 3 rings (SSSR count). The number of carbonyl (C=O) groups is 1. The summed E-state index contributed by atoms with van der Waals surface area (Å²) in [5.74, 6) is -0.0241. The number of hydrogen-bond acceptors (Lipinski definition) is 4. The molecule has 0 spiro atoms. The number of nitrogens with one attached hydrogen (secondary N) is 1. The Morgan fingerprint density at radius 2 is 2.13 bits per heavy atom. The van der Waals surface area contributed by atoms with Crippen LogP contribution in [0.15, 0.2) is 24.5 Å². The van der Waals surface area contributed by atoms with Gasteiger partial charge in [-0.2, -0.15) is 0 Å². The highest BCUT2D eigenvalue weighted by Gasteiger charge is 2.16. The SMILES string of the molecule is Cc1nc(C)c([C@H](C)NC(=O)Cc2cn3cccc(C)c3n2)s1. The van der Waals surface area contributed by atoms with Crippen LogP contribution in [0.5, 0.6) is 0 Å². The topological polar surface area (TPSA) is 59.3 Å². The van der Waals surface area contributed by atoms with Crippen molar-refractivity contribution in [2.45, 2.75) is 40.2 Å². The largest absolute Gasteiger partial charge is 0.348 e. The van der Waals surface area contributed by atoms with E-state index in [9.17, 15) is 4.79 Å². The maximum Gasteiger partial charge on any atom is 0.226 e. The maximum atomic E-state index is 12.3. The number of aromatic nitrogens is 3. The molecule has 3 aromatic rings. The van der Waals surface area contributed by atoms with Crippen molar-refractivity contribution in [3.8, 4) is 0 Å². The summed E-state index contributed by atoms with van der Waals surface area (Å²) in [6.45, 7) is 7.97. The van der Waals surface area contributed by atoms with Gasteiger partial charge in [-0.1, -0.05) is 6.07 Å². The highest BCUT2D eigenvalue weighted by molar-refractivity contribution is 7.11. The second-order valence-electron chi connectivity index (χ2n) is 5.80. The predicted octanol–water partition coefficient (Wildman–Crippen LogP) is 3.14. The average Bonchev–Trinajstić information content (AvgIpc) is 3.02. The molecule has 0 saturated heterocycles. The lowest BCUT2D eigenvalue weighted by Gasteiger charge is -2.12. The number of aryl methyl sites for hydroxylation is 3. The Morgan fingerprint density at radius 1 is 1.35 bits per heavy atom. The number of hydrogen-bond donors (Lipinski definition) is 1. The number of nitrogens with zero attached hydrogens (tertiary/aromatic N) is 3. The number of thiazole rings is 1. The molecule has 0 aromatic carbocycles. The second kappa shape index (κ2) is 6.12. The fraction of sp³-hybridized carbons (Fsp3) is 0.353. The van der Waals surface area contributed by atoms with Gasteiger partial charge in [0.2, 0.25) is 5.91 Å². The van der Waals surface area contributed by atoms with Crippen LogP contribution in [0.2, 0.25) is 0 Å². The number of imidazole rings is 1. The van der Waals surface area contributed by atoms with Crippen LogP contribution < -0.4 is 5.32 Å². The number of carbonyl (C=O) groups excluding carboxylic acids is 1. The predicted molar refractivity (Wildman–Crippen MR) is 91.8 cm³/mol. The molecule has 120 valence electrons. The van der Waals surface area contributed by atoms with E-state index in [1.165, 1.54) is 0 Å². The van der Waals surface area contributed by atoms with Gasteiger partial charge >= 0.3 is 0 Å².